The number of carbonyl (C=O) groups excluding carboxylic acids is 1. The maximum absolute atomic E-state index is 13.5. The molecule has 0 N–H and O–H groups in total. The van der Waals surface area contributed by atoms with Gasteiger partial charge in [0.15, 0.2) is 17.6 Å². The molecule has 0 saturated carbocycles. The number of ether oxygens (including phenoxy) is 3. The summed E-state index contributed by atoms with van der Waals surface area (Å²) in [7, 11) is 1.18. The second-order valence-corrected chi connectivity index (χ2v) is 8.80. The molecular formula is C29H24N4O8. The lowest BCUT2D eigenvalue weighted by molar-refractivity contribution is -0.386. The van der Waals surface area contributed by atoms with Crippen molar-refractivity contribution in [2.75, 3.05) is 13.7 Å². The number of hydrogen-bond acceptors (Lipinski definition) is 10. The van der Waals surface area contributed by atoms with Crippen molar-refractivity contribution in [1.82, 2.24) is 9.66 Å². The van der Waals surface area contributed by atoms with Crippen LogP contribution in [0, 0.1) is 10.1 Å². The van der Waals surface area contributed by atoms with Crippen LogP contribution in [0.25, 0.3) is 33.5 Å². The van der Waals surface area contributed by atoms with E-state index in [2.05, 4.69) is 14.8 Å². The first kappa shape index (κ1) is 27.1. The zero-order valence-corrected chi connectivity index (χ0v) is 22.3. The summed E-state index contributed by atoms with van der Waals surface area (Å²) >= 11 is 0. The third kappa shape index (κ3) is 5.35. The monoisotopic (exact) mass is 556 g/mol. The summed E-state index contributed by atoms with van der Waals surface area (Å²) in [6.45, 7) is 3.25. The molecule has 0 aliphatic carbocycles. The number of aromatic nitrogens is 2. The summed E-state index contributed by atoms with van der Waals surface area (Å²) in [6, 6.07) is 18.6. The molecule has 12 heteroatoms. The zero-order valence-electron chi connectivity index (χ0n) is 22.3. The topological polar surface area (TPSA) is 148 Å². The predicted molar refractivity (Wildman–Crippen MR) is 151 cm³/mol. The molecule has 0 radical (unpaired) electrons. The van der Waals surface area contributed by atoms with E-state index in [4.69, 9.17) is 13.9 Å². The fourth-order valence-electron chi connectivity index (χ4n) is 4.20. The van der Waals surface area contributed by atoms with E-state index in [0.29, 0.717) is 22.2 Å². The third-order valence-electron chi connectivity index (χ3n) is 6.10. The molecule has 208 valence electrons. The largest absolute Gasteiger partial charge is 0.490 e. The lowest BCUT2D eigenvalue weighted by Gasteiger charge is -2.16. The van der Waals surface area contributed by atoms with Crippen molar-refractivity contribution < 1.29 is 28.3 Å². The van der Waals surface area contributed by atoms with Crippen LogP contribution < -0.4 is 15.0 Å². The molecule has 41 heavy (non-hydrogen) atoms. The summed E-state index contributed by atoms with van der Waals surface area (Å²) in [4.78, 5) is 41.4. The average Bonchev–Trinajstić information content (AvgIpc) is 3.41. The van der Waals surface area contributed by atoms with E-state index in [-0.39, 0.29) is 29.5 Å². The first-order valence-corrected chi connectivity index (χ1v) is 12.6. The van der Waals surface area contributed by atoms with Crippen LogP contribution in [0.15, 0.2) is 81.0 Å². The van der Waals surface area contributed by atoms with E-state index in [1.807, 2.05) is 18.2 Å². The highest BCUT2D eigenvalue weighted by molar-refractivity contribution is 5.86. The second kappa shape index (κ2) is 11.3. The molecule has 0 unspecified atom stereocenters. The Morgan fingerprint density at radius 2 is 1.93 bits per heavy atom. The van der Waals surface area contributed by atoms with Crippen molar-refractivity contribution in [2.45, 2.75) is 20.0 Å². The van der Waals surface area contributed by atoms with Crippen LogP contribution in [-0.2, 0) is 9.53 Å². The molecule has 5 rings (SSSR count). The summed E-state index contributed by atoms with van der Waals surface area (Å²) in [5, 5.41) is 17.5. The van der Waals surface area contributed by atoms with E-state index in [9.17, 15) is 19.7 Å². The van der Waals surface area contributed by atoms with Gasteiger partial charge in [-0.1, -0.05) is 30.3 Å². The van der Waals surface area contributed by atoms with Crippen molar-refractivity contribution >= 4 is 39.7 Å². The highest BCUT2D eigenvalue weighted by atomic mass is 16.6. The fraction of sp³-hybridized carbons (Fsp3) is 0.172. The van der Waals surface area contributed by atoms with Crippen LogP contribution in [-0.4, -0.2) is 46.6 Å². The summed E-state index contributed by atoms with van der Waals surface area (Å²) in [6.07, 6.45) is 0.138. The number of carbonyl (C=O) groups is 1. The fourth-order valence-corrected chi connectivity index (χ4v) is 4.20. The zero-order chi connectivity index (χ0) is 29.1. The van der Waals surface area contributed by atoms with E-state index >= 15 is 0 Å². The minimum absolute atomic E-state index is 0.0143. The van der Waals surface area contributed by atoms with Gasteiger partial charge in [0.05, 0.1) is 35.8 Å². The Balaban J connectivity index is 1.65. The number of benzene rings is 3. The van der Waals surface area contributed by atoms with Gasteiger partial charge in [-0.25, -0.2) is 9.78 Å². The summed E-state index contributed by atoms with van der Waals surface area (Å²) < 4.78 is 22.9. The smallest absolute Gasteiger partial charge is 0.346 e. The lowest BCUT2D eigenvalue weighted by atomic mass is 10.1. The molecule has 0 saturated heterocycles. The van der Waals surface area contributed by atoms with Crippen LogP contribution in [0.1, 0.15) is 19.4 Å². The Morgan fingerprint density at radius 3 is 2.66 bits per heavy atom. The van der Waals surface area contributed by atoms with Crippen LogP contribution in [0.5, 0.6) is 11.5 Å². The number of nitrogens with zero attached hydrogens (tertiary/aromatic N) is 4. The number of fused-ring (bicyclic) bond motifs is 2. The van der Waals surface area contributed by atoms with E-state index in [0.717, 1.165) is 10.1 Å². The Bertz CT molecular complexity index is 1840. The number of hydrogen-bond donors (Lipinski definition) is 0. The number of para-hydroxylation sites is 2. The Kier molecular flexibility index (Phi) is 7.46. The number of methoxy groups -OCH3 is 1. The van der Waals surface area contributed by atoms with Gasteiger partial charge in [-0.2, -0.15) is 9.78 Å². The highest BCUT2D eigenvalue weighted by Gasteiger charge is 2.27. The van der Waals surface area contributed by atoms with E-state index in [1.165, 1.54) is 32.4 Å². The Labute approximate surface area is 232 Å². The lowest BCUT2D eigenvalue weighted by Crippen LogP contribution is -2.25. The van der Waals surface area contributed by atoms with Gasteiger partial charge in [-0.3, -0.25) is 14.9 Å². The van der Waals surface area contributed by atoms with Gasteiger partial charge in [-0.05, 0) is 44.2 Å². The number of esters is 1. The highest BCUT2D eigenvalue weighted by Crippen LogP contribution is 2.39. The van der Waals surface area contributed by atoms with Crippen molar-refractivity contribution in [3.63, 3.8) is 0 Å². The van der Waals surface area contributed by atoms with Crippen LogP contribution in [0.3, 0.4) is 0 Å². The van der Waals surface area contributed by atoms with Gasteiger partial charge in [0, 0.05) is 17.0 Å². The molecule has 12 nitrogen and oxygen atoms in total. The van der Waals surface area contributed by atoms with Gasteiger partial charge in [0.1, 0.15) is 5.58 Å². The normalized spacial score (nSPS) is 12.1. The third-order valence-corrected chi connectivity index (χ3v) is 6.10. The first-order chi connectivity index (χ1) is 19.8. The predicted octanol–water partition coefficient (Wildman–Crippen LogP) is 4.94. The number of rotatable bonds is 9. The summed E-state index contributed by atoms with van der Waals surface area (Å²) in [5.74, 6) is -0.478. The average molecular weight is 557 g/mol. The number of nitro groups is 1. The molecule has 2 heterocycles. The Hall–Kier alpha value is -5.52. The van der Waals surface area contributed by atoms with Crippen molar-refractivity contribution in [2.24, 2.45) is 5.10 Å². The number of furan rings is 1. The van der Waals surface area contributed by atoms with Crippen LogP contribution in [0.4, 0.5) is 5.69 Å². The van der Waals surface area contributed by atoms with Gasteiger partial charge >= 0.3 is 11.7 Å². The maximum Gasteiger partial charge on any atom is 0.346 e. The van der Waals surface area contributed by atoms with Gasteiger partial charge in [-0.15, -0.1) is 0 Å². The molecule has 0 aliphatic heterocycles. The molecule has 3 aromatic carbocycles. The molecule has 5 aromatic rings. The molecule has 2 aromatic heterocycles. The van der Waals surface area contributed by atoms with Gasteiger partial charge in [0.25, 0.3) is 5.56 Å². The van der Waals surface area contributed by atoms with Gasteiger partial charge < -0.3 is 18.6 Å². The second-order valence-electron chi connectivity index (χ2n) is 8.80. The van der Waals surface area contributed by atoms with E-state index in [1.54, 1.807) is 43.3 Å². The van der Waals surface area contributed by atoms with Crippen molar-refractivity contribution in [3.8, 4) is 23.1 Å². The molecule has 0 bridgehead atoms. The molecule has 0 fully saturated rings. The first-order valence-electron chi connectivity index (χ1n) is 12.6. The van der Waals surface area contributed by atoms with Crippen LogP contribution in [0.2, 0.25) is 0 Å². The minimum Gasteiger partial charge on any atom is -0.490 e. The van der Waals surface area contributed by atoms with Gasteiger partial charge in [0.2, 0.25) is 11.6 Å². The number of nitro benzene ring substituents is 1. The summed E-state index contributed by atoms with van der Waals surface area (Å²) in [5.41, 5.74) is 0.362. The molecule has 0 spiro atoms. The van der Waals surface area contributed by atoms with Crippen molar-refractivity contribution in [3.05, 3.63) is 92.8 Å². The molecule has 0 aliphatic rings. The molecular weight excluding hydrogens is 532 g/mol. The quantitative estimate of drug-likeness (QED) is 0.106. The SMILES string of the molecule is CCOc1cc(C=Nn2c(-c3cc4ccccc4o3)nc3ccccc3c2=O)cc([N+](=O)[O-])c1O[C@H](C)C(=O)OC. The Morgan fingerprint density at radius 1 is 1.17 bits per heavy atom. The standard InChI is InChI=1S/C29H24N4O8/c1-4-39-24-14-18(13-22(33(36)37)26(24)40-17(2)29(35)38-3)16-30-32-27(25-15-19-9-5-8-12-23(19)41-25)31-21-11-7-6-10-20(21)28(32)34/h5-17H,4H2,1-3H3/t17-/m1/s1. The van der Waals surface area contributed by atoms with E-state index < -0.39 is 28.2 Å². The maximum atomic E-state index is 13.5. The molecule has 1 atom stereocenters. The van der Waals surface area contributed by atoms with Crippen molar-refractivity contribution in [1.29, 1.82) is 0 Å². The molecule has 0 amide bonds. The van der Waals surface area contributed by atoms with Crippen LogP contribution >= 0.6 is 0 Å². The minimum atomic E-state index is -1.13.